The molecule has 0 radical (unpaired) electrons. The Labute approximate surface area is 131 Å². The summed E-state index contributed by atoms with van der Waals surface area (Å²) in [6.45, 7) is 6.02. The molecule has 1 aromatic rings. The number of hydrogen-bond donors (Lipinski definition) is 1. The molecule has 1 fully saturated rings. The number of aromatic nitrogens is 2. The van der Waals surface area contributed by atoms with E-state index in [-0.39, 0.29) is 11.2 Å². The van der Waals surface area contributed by atoms with Crippen LogP contribution < -0.4 is 16.6 Å². The first-order valence-electron chi connectivity index (χ1n) is 8.21. The lowest BCUT2D eigenvalue weighted by Crippen LogP contribution is -2.40. The molecule has 1 saturated heterocycles. The van der Waals surface area contributed by atoms with E-state index in [0.717, 1.165) is 24.1 Å². The molecule has 22 heavy (non-hydrogen) atoms. The third-order valence-electron chi connectivity index (χ3n) is 4.57. The highest BCUT2D eigenvalue weighted by atomic mass is 16.2. The molecule has 6 nitrogen and oxygen atoms in total. The van der Waals surface area contributed by atoms with Crippen LogP contribution in [0.4, 0.5) is 0 Å². The maximum absolute atomic E-state index is 12.0. The Balaban J connectivity index is 1.77. The molecule has 0 aromatic carbocycles. The maximum Gasteiger partial charge on any atom is 0.330 e. The van der Waals surface area contributed by atoms with Gasteiger partial charge in [-0.1, -0.05) is 6.42 Å². The van der Waals surface area contributed by atoms with E-state index in [9.17, 15) is 9.59 Å². The molecule has 1 aliphatic rings. The van der Waals surface area contributed by atoms with Crippen molar-refractivity contribution < 1.29 is 0 Å². The molecule has 0 aliphatic carbocycles. The zero-order chi connectivity index (χ0) is 16.1. The number of aryl methyl sites for hydroxylation is 1. The number of hydrogen-bond acceptors (Lipinski definition) is 4. The minimum Gasteiger partial charge on any atom is -0.312 e. The first-order chi connectivity index (χ1) is 10.5. The summed E-state index contributed by atoms with van der Waals surface area (Å²) in [4.78, 5) is 26.2. The Kier molecular flexibility index (Phi) is 5.97. The smallest absolute Gasteiger partial charge is 0.312 e. The van der Waals surface area contributed by atoms with Crippen LogP contribution >= 0.6 is 0 Å². The van der Waals surface area contributed by atoms with Gasteiger partial charge in [0.1, 0.15) is 0 Å². The van der Waals surface area contributed by atoms with Crippen LogP contribution in [0, 0.1) is 0 Å². The summed E-state index contributed by atoms with van der Waals surface area (Å²) in [6, 6.07) is 0.699. The molecule has 0 bridgehead atoms. The fourth-order valence-electron chi connectivity index (χ4n) is 3.12. The van der Waals surface area contributed by atoms with Gasteiger partial charge < -0.3 is 14.8 Å². The largest absolute Gasteiger partial charge is 0.330 e. The summed E-state index contributed by atoms with van der Waals surface area (Å²) in [5.41, 5.74) is 0.143. The molecule has 1 unspecified atom stereocenters. The van der Waals surface area contributed by atoms with E-state index in [0.29, 0.717) is 18.2 Å². The number of rotatable bonds is 6. The molecule has 1 aliphatic heterocycles. The highest BCUT2D eigenvalue weighted by Crippen LogP contribution is 2.15. The molecule has 0 amide bonds. The van der Waals surface area contributed by atoms with Crippen molar-refractivity contribution in [3.8, 4) is 0 Å². The van der Waals surface area contributed by atoms with Crippen LogP contribution in [0.3, 0.4) is 0 Å². The Morgan fingerprint density at radius 2 is 2.05 bits per heavy atom. The summed E-state index contributed by atoms with van der Waals surface area (Å²) in [5.74, 6) is 0. The highest BCUT2D eigenvalue weighted by molar-refractivity contribution is 5.05. The van der Waals surface area contributed by atoms with E-state index in [1.165, 1.54) is 37.4 Å². The predicted molar refractivity (Wildman–Crippen MR) is 88.1 cm³/mol. The van der Waals surface area contributed by atoms with Gasteiger partial charge in [-0.05, 0) is 45.8 Å². The number of piperidine rings is 1. The van der Waals surface area contributed by atoms with Gasteiger partial charge in [-0.3, -0.25) is 9.36 Å². The third kappa shape index (κ3) is 4.08. The molecule has 0 spiro atoms. The van der Waals surface area contributed by atoms with Gasteiger partial charge in [-0.15, -0.1) is 0 Å². The predicted octanol–water partition coefficient (Wildman–Crippen LogP) is 0.438. The van der Waals surface area contributed by atoms with Crippen molar-refractivity contribution in [2.45, 2.75) is 45.2 Å². The Morgan fingerprint density at radius 3 is 2.77 bits per heavy atom. The summed E-state index contributed by atoms with van der Waals surface area (Å²) in [5, 5.41) is 3.32. The maximum atomic E-state index is 12.0. The number of nitrogens with zero attached hydrogens (tertiary/aromatic N) is 3. The summed E-state index contributed by atoms with van der Waals surface area (Å²) in [6.07, 6.45) is 6.68. The Bertz CT molecular complexity index is 605. The van der Waals surface area contributed by atoms with Gasteiger partial charge in [0.15, 0.2) is 0 Å². The number of nitrogens with one attached hydrogen (secondary N) is 1. The summed E-state index contributed by atoms with van der Waals surface area (Å²) < 4.78 is 2.61. The third-order valence-corrected chi connectivity index (χ3v) is 4.57. The van der Waals surface area contributed by atoms with Crippen molar-refractivity contribution in [2.24, 2.45) is 14.1 Å². The topological polar surface area (TPSA) is 59.3 Å². The molecule has 1 aromatic heterocycles. The van der Waals surface area contributed by atoms with Gasteiger partial charge in [-0.2, -0.15) is 0 Å². The van der Waals surface area contributed by atoms with Crippen LogP contribution in [0.25, 0.3) is 0 Å². The van der Waals surface area contributed by atoms with Gasteiger partial charge in [0.05, 0.1) is 0 Å². The first-order valence-corrected chi connectivity index (χ1v) is 8.21. The lowest BCUT2D eigenvalue weighted by Gasteiger charge is -2.33. The highest BCUT2D eigenvalue weighted by Gasteiger charge is 2.17. The minimum atomic E-state index is -0.284. The molecule has 1 N–H and O–H groups in total. The van der Waals surface area contributed by atoms with Crippen LogP contribution in [-0.2, 0) is 20.6 Å². The Hall–Kier alpha value is -1.40. The molecule has 2 heterocycles. The molecule has 0 saturated carbocycles. The fraction of sp³-hybridized carbons (Fsp3) is 0.750. The van der Waals surface area contributed by atoms with E-state index < -0.39 is 0 Å². The lowest BCUT2D eigenvalue weighted by molar-refractivity contribution is 0.159. The molecule has 1 atom stereocenters. The quantitative estimate of drug-likeness (QED) is 0.775. The zero-order valence-electron chi connectivity index (χ0n) is 14.0. The molecule has 6 heteroatoms. The summed E-state index contributed by atoms with van der Waals surface area (Å²) in [7, 11) is 3.19. The molecule has 124 valence electrons. The van der Waals surface area contributed by atoms with Gasteiger partial charge in [-0.25, -0.2) is 4.79 Å². The van der Waals surface area contributed by atoms with Crippen molar-refractivity contribution in [1.29, 1.82) is 0 Å². The van der Waals surface area contributed by atoms with E-state index in [1.807, 2.05) is 0 Å². The zero-order valence-corrected chi connectivity index (χ0v) is 14.0. The monoisotopic (exact) mass is 308 g/mol. The fourth-order valence-corrected chi connectivity index (χ4v) is 3.12. The second-order valence-electron chi connectivity index (χ2n) is 6.32. The average molecular weight is 308 g/mol. The van der Waals surface area contributed by atoms with Crippen molar-refractivity contribution in [2.75, 3.05) is 19.6 Å². The van der Waals surface area contributed by atoms with E-state index in [1.54, 1.807) is 13.2 Å². The van der Waals surface area contributed by atoms with Crippen LogP contribution in [0.2, 0.25) is 0 Å². The van der Waals surface area contributed by atoms with Crippen LogP contribution in [0.15, 0.2) is 15.8 Å². The Morgan fingerprint density at radius 1 is 1.27 bits per heavy atom. The second-order valence-corrected chi connectivity index (χ2v) is 6.32. The standard InChI is InChI=1S/C16H28N4O2/c1-13-7-4-5-9-20(13)10-6-8-17-11-14-12-18(2)16(22)19(3)15(14)21/h12-13,17H,4-11H2,1-3H3. The van der Waals surface area contributed by atoms with Gasteiger partial charge in [0.2, 0.25) is 0 Å². The van der Waals surface area contributed by atoms with Gasteiger partial charge >= 0.3 is 5.69 Å². The number of likely N-dealkylation sites (tertiary alicyclic amines) is 1. The van der Waals surface area contributed by atoms with Crippen molar-refractivity contribution in [3.05, 3.63) is 32.6 Å². The molecular weight excluding hydrogens is 280 g/mol. The minimum absolute atomic E-state index is 0.208. The van der Waals surface area contributed by atoms with E-state index in [4.69, 9.17) is 0 Å². The second kappa shape index (κ2) is 7.74. The van der Waals surface area contributed by atoms with Crippen LogP contribution in [0.1, 0.15) is 38.2 Å². The van der Waals surface area contributed by atoms with Crippen molar-refractivity contribution in [1.82, 2.24) is 19.4 Å². The van der Waals surface area contributed by atoms with E-state index >= 15 is 0 Å². The summed E-state index contributed by atoms with van der Waals surface area (Å²) >= 11 is 0. The van der Waals surface area contributed by atoms with Crippen LogP contribution in [-0.4, -0.2) is 39.7 Å². The SMILES string of the molecule is CC1CCCCN1CCCNCc1cn(C)c(=O)n(C)c1=O. The van der Waals surface area contributed by atoms with Gasteiger partial charge in [0.25, 0.3) is 5.56 Å². The van der Waals surface area contributed by atoms with Gasteiger partial charge in [0, 0.05) is 38.4 Å². The average Bonchev–Trinajstić information content (AvgIpc) is 2.51. The molecule has 2 rings (SSSR count). The van der Waals surface area contributed by atoms with Crippen molar-refractivity contribution in [3.63, 3.8) is 0 Å². The van der Waals surface area contributed by atoms with E-state index in [2.05, 4.69) is 17.1 Å². The first kappa shape index (κ1) is 17.0. The normalized spacial score (nSPS) is 19.5. The van der Waals surface area contributed by atoms with Crippen molar-refractivity contribution >= 4 is 0 Å². The van der Waals surface area contributed by atoms with Crippen LogP contribution in [0.5, 0.6) is 0 Å². The molecular formula is C16H28N4O2. The lowest BCUT2D eigenvalue weighted by atomic mass is 10.0.